The molecule has 0 unspecified atom stereocenters. The number of hydrogen-bond acceptors (Lipinski definition) is 4. The van der Waals surface area contributed by atoms with Crippen LogP contribution in [0.4, 0.5) is 0 Å². The Bertz CT molecular complexity index is 3270. The first-order chi connectivity index (χ1) is 28.2. The lowest BCUT2D eigenvalue weighted by molar-refractivity contribution is 0.674. The molecule has 0 aliphatic heterocycles. The van der Waals surface area contributed by atoms with Crippen molar-refractivity contribution in [1.29, 1.82) is 0 Å². The van der Waals surface area contributed by atoms with Crippen molar-refractivity contribution in [2.75, 3.05) is 0 Å². The van der Waals surface area contributed by atoms with E-state index in [4.69, 9.17) is 19.4 Å². The zero-order chi connectivity index (χ0) is 37.7. The highest BCUT2D eigenvalue weighted by molar-refractivity contribution is 6.21. The van der Waals surface area contributed by atoms with E-state index in [0.29, 0.717) is 17.5 Å². The molecular formula is C53H33N3O. The number of fused-ring (bicyclic) bond motifs is 6. The Balaban J connectivity index is 1.13. The molecule has 0 N–H and O–H groups in total. The van der Waals surface area contributed by atoms with Crippen LogP contribution in [0.2, 0.25) is 0 Å². The fraction of sp³-hybridized carbons (Fsp3) is 0. The van der Waals surface area contributed by atoms with Crippen LogP contribution in [-0.2, 0) is 0 Å². The van der Waals surface area contributed by atoms with Gasteiger partial charge >= 0.3 is 0 Å². The van der Waals surface area contributed by atoms with E-state index in [2.05, 4.69) is 164 Å². The van der Waals surface area contributed by atoms with Crippen molar-refractivity contribution in [3.8, 4) is 67.5 Å². The topological polar surface area (TPSA) is 51.8 Å². The molecule has 0 atom stereocenters. The van der Waals surface area contributed by atoms with Gasteiger partial charge in [-0.1, -0.05) is 176 Å². The molecule has 0 aliphatic carbocycles. The van der Waals surface area contributed by atoms with Crippen molar-refractivity contribution in [2.24, 2.45) is 0 Å². The van der Waals surface area contributed by atoms with Crippen LogP contribution >= 0.6 is 0 Å². The van der Waals surface area contributed by atoms with Crippen LogP contribution in [-0.4, -0.2) is 15.0 Å². The van der Waals surface area contributed by atoms with Gasteiger partial charge in [0.15, 0.2) is 17.5 Å². The third kappa shape index (κ3) is 5.74. The van der Waals surface area contributed by atoms with Gasteiger partial charge in [0.25, 0.3) is 0 Å². The van der Waals surface area contributed by atoms with Gasteiger partial charge < -0.3 is 4.42 Å². The number of aromatic nitrogens is 3. The Hall–Kier alpha value is -7.69. The van der Waals surface area contributed by atoms with Gasteiger partial charge in [-0.05, 0) is 68.2 Å². The molecule has 11 aromatic rings. The number of hydrogen-bond donors (Lipinski definition) is 0. The Kier molecular flexibility index (Phi) is 7.78. The third-order valence-corrected chi connectivity index (χ3v) is 10.9. The average Bonchev–Trinajstić information content (AvgIpc) is 3.70. The lowest BCUT2D eigenvalue weighted by Gasteiger charge is -2.12. The molecule has 0 saturated carbocycles. The van der Waals surface area contributed by atoms with E-state index < -0.39 is 0 Å². The maximum absolute atomic E-state index is 7.01. The minimum Gasteiger partial charge on any atom is -0.455 e. The van der Waals surface area contributed by atoms with Crippen molar-refractivity contribution in [1.82, 2.24) is 15.0 Å². The molecule has 2 aromatic heterocycles. The second kappa shape index (κ2) is 13.6. The molecule has 57 heavy (non-hydrogen) atoms. The molecule has 0 aliphatic rings. The van der Waals surface area contributed by atoms with Crippen LogP contribution in [0.25, 0.3) is 111 Å². The first-order valence-electron chi connectivity index (χ1n) is 19.2. The van der Waals surface area contributed by atoms with Gasteiger partial charge in [0, 0.05) is 38.4 Å². The predicted molar refractivity (Wildman–Crippen MR) is 235 cm³/mol. The summed E-state index contributed by atoms with van der Waals surface area (Å²) >= 11 is 0. The molecule has 0 amide bonds. The van der Waals surface area contributed by atoms with Crippen molar-refractivity contribution in [2.45, 2.75) is 0 Å². The Morgan fingerprint density at radius 2 is 0.825 bits per heavy atom. The van der Waals surface area contributed by atoms with E-state index in [1.807, 2.05) is 36.4 Å². The first kappa shape index (κ1) is 32.7. The average molecular weight is 728 g/mol. The van der Waals surface area contributed by atoms with E-state index >= 15 is 0 Å². The molecular weight excluding hydrogens is 695 g/mol. The summed E-state index contributed by atoms with van der Waals surface area (Å²) in [5, 5.41) is 6.64. The van der Waals surface area contributed by atoms with Crippen LogP contribution in [0.15, 0.2) is 205 Å². The van der Waals surface area contributed by atoms with Gasteiger partial charge in [-0.2, -0.15) is 0 Å². The van der Waals surface area contributed by atoms with Crippen LogP contribution in [0.1, 0.15) is 0 Å². The normalized spacial score (nSPS) is 11.5. The van der Waals surface area contributed by atoms with Crippen LogP contribution in [0, 0.1) is 0 Å². The van der Waals surface area contributed by atoms with Crippen LogP contribution in [0.3, 0.4) is 0 Å². The van der Waals surface area contributed by atoms with Crippen LogP contribution in [0.5, 0.6) is 0 Å². The fourth-order valence-electron chi connectivity index (χ4n) is 8.14. The molecule has 2 heterocycles. The predicted octanol–water partition coefficient (Wildman–Crippen LogP) is 14.1. The molecule has 11 rings (SSSR count). The van der Waals surface area contributed by atoms with Crippen molar-refractivity contribution in [3.05, 3.63) is 200 Å². The summed E-state index contributed by atoms with van der Waals surface area (Å²) < 4.78 is 7.01. The summed E-state index contributed by atoms with van der Waals surface area (Å²) in [6.45, 7) is 0. The van der Waals surface area contributed by atoms with E-state index in [-0.39, 0.29) is 0 Å². The third-order valence-electron chi connectivity index (χ3n) is 10.9. The number of rotatable bonds is 6. The minimum absolute atomic E-state index is 0.586. The van der Waals surface area contributed by atoms with Gasteiger partial charge in [-0.15, -0.1) is 0 Å². The van der Waals surface area contributed by atoms with Gasteiger partial charge in [0.05, 0.1) is 0 Å². The summed E-state index contributed by atoms with van der Waals surface area (Å²) in [7, 11) is 0. The van der Waals surface area contributed by atoms with Gasteiger partial charge in [0.1, 0.15) is 11.2 Å². The SMILES string of the molecule is c1ccc(-c2cccc(-c3nc(-c4ccccc4)nc(-c4ccc(-c5ccc(-c6cccc7ccccc67)cc5)c5oc6c7ccccc7ccc6c45)n3)c2)cc1. The maximum atomic E-state index is 7.01. The van der Waals surface area contributed by atoms with Gasteiger partial charge in [-0.3, -0.25) is 0 Å². The summed E-state index contributed by atoms with van der Waals surface area (Å²) in [6, 6.07) is 69.8. The molecule has 266 valence electrons. The second-order valence-corrected chi connectivity index (χ2v) is 14.4. The number of furan rings is 1. The van der Waals surface area contributed by atoms with E-state index in [1.54, 1.807) is 0 Å². The monoisotopic (exact) mass is 727 g/mol. The molecule has 0 saturated heterocycles. The minimum atomic E-state index is 0.586. The lowest BCUT2D eigenvalue weighted by atomic mass is 9.94. The molecule has 0 fully saturated rings. The van der Waals surface area contributed by atoms with Crippen LogP contribution < -0.4 is 0 Å². The Morgan fingerprint density at radius 3 is 1.60 bits per heavy atom. The Labute approximate surface area is 329 Å². The van der Waals surface area contributed by atoms with Gasteiger partial charge in [0.2, 0.25) is 0 Å². The summed E-state index contributed by atoms with van der Waals surface area (Å²) in [5.74, 6) is 1.80. The molecule has 4 heteroatoms. The zero-order valence-electron chi connectivity index (χ0n) is 30.8. The molecule has 0 radical (unpaired) electrons. The van der Waals surface area contributed by atoms with Crippen molar-refractivity contribution < 1.29 is 4.42 Å². The highest BCUT2D eigenvalue weighted by Gasteiger charge is 2.22. The Morgan fingerprint density at radius 1 is 0.281 bits per heavy atom. The molecule has 9 aromatic carbocycles. The summed E-state index contributed by atoms with van der Waals surface area (Å²) in [4.78, 5) is 15.5. The second-order valence-electron chi connectivity index (χ2n) is 14.4. The zero-order valence-corrected chi connectivity index (χ0v) is 30.8. The van der Waals surface area contributed by atoms with Crippen molar-refractivity contribution in [3.63, 3.8) is 0 Å². The quantitative estimate of drug-likeness (QED) is 0.171. The van der Waals surface area contributed by atoms with E-state index in [0.717, 1.165) is 71.7 Å². The highest BCUT2D eigenvalue weighted by Crippen LogP contribution is 2.44. The fourth-order valence-corrected chi connectivity index (χ4v) is 8.14. The highest BCUT2D eigenvalue weighted by atomic mass is 16.3. The van der Waals surface area contributed by atoms with E-state index in [1.165, 1.54) is 21.9 Å². The van der Waals surface area contributed by atoms with Gasteiger partial charge in [-0.25, -0.2) is 15.0 Å². The lowest BCUT2D eigenvalue weighted by Crippen LogP contribution is -2.00. The molecule has 0 bridgehead atoms. The standard InChI is InChI=1S/C53H33N3O/c1-3-13-34(14-4-1)40-20-11-21-41(33-40)52-54-51(39-17-5-2-6-18-39)55-53(56-52)47-32-31-45(50-48(47)46-30-29-36-16-8-10-23-44(36)49(46)57-50)38-27-25-37(26-28-38)43-24-12-19-35-15-7-9-22-42(35)43/h1-33H. The van der Waals surface area contributed by atoms with Crippen molar-refractivity contribution >= 4 is 43.5 Å². The van der Waals surface area contributed by atoms with E-state index in [9.17, 15) is 0 Å². The summed E-state index contributed by atoms with van der Waals surface area (Å²) in [5.41, 5.74) is 11.1. The first-order valence-corrected chi connectivity index (χ1v) is 19.2. The maximum Gasteiger partial charge on any atom is 0.164 e. The molecule has 4 nitrogen and oxygen atoms in total. The molecule has 0 spiro atoms. The smallest absolute Gasteiger partial charge is 0.164 e. The largest absolute Gasteiger partial charge is 0.455 e. The number of benzene rings is 9. The summed E-state index contributed by atoms with van der Waals surface area (Å²) in [6.07, 6.45) is 0. The number of nitrogens with zero attached hydrogens (tertiary/aromatic N) is 3.